The van der Waals surface area contributed by atoms with Gasteiger partial charge in [0.2, 0.25) is 0 Å². The van der Waals surface area contributed by atoms with Crippen LogP contribution in [0.3, 0.4) is 0 Å². The Balaban J connectivity index is 2.16. The highest BCUT2D eigenvalue weighted by Crippen LogP contribution is 2.13. The van der Waals surface area contributed by atoms with Crippen LogP contribution in [-0.4, -0.2) is 50.3 Å². The Morgan fingerprint density at radius 3 is 2.40 bits per heavy atom. The molecule has 0 aromatic carbocycles. The molecule has 3 nitrogen and oxygen atoms in total. The van der Waals surface area contributed by atoms with Gasteiger partial charge in [-0.2, -0.15) is 0 Å². The molecule has 0 spiro atoms. The van der Waals surface area contributed by atoms with E-state index in [9.17, 15) is 0 Å². The molecule has 3 heteroatoms. The maximum Gasteiger partial charge on any atom is 0.0594 e. The molecule has 1 N–H and O–H groups in total. The third-order valence-corrected chi connectivity index (χ3v) is 4.14. The largest absolute Gasteiger partial charge is 0.379 e. The lowest BCUT2D eigenvalue weighted by atomic mass is 10.0. The average Bonchev–Trinajstić information content (AvgIpc) is 2.45. The molecule has 1 heterocycles. The highest BCUT2D eigenvalue weighted by Gasteiger charge is 2.21. The lowest BCUT2D eigenvalue weighted by molar-refractivity contribution is 0.0124. The predicted molar refractivity (Wildman–Crippen MR) is 87.3 cm³/mol. The summed E-state index contributed by atoms with van der Waals surface area (Å²) < 4.78 is 5.47. The fourth-order valence-electron chi connectivity index (χ4n) is 2.97. The summed E-state index contributed by atoms with van der Waals surface area (Å²) in [7, 11) is 0. The van der Waals surface area contributed by atoms with Crippen molar-refractivity contribution >= 4 is 0 Å². The number of rotatable bonds is 11. The van der Waals surface area contributed by atoms with E-state index < -0.39 is 0 Å². The molecule has 120 valence electrons. The zero-order valence-corrected chi connectivity index (χ0v) is 14.0. The van der Waals surface area contributed by atoms with Crippen molar-refractivity contribution in [3.05, 3.63) is 0 Å². The molecule has 1 aliphatic rings. The topological polar surface area (TPSA) is 24.5 Å². The monoisotopic (exact) mass is 284 g/mol. The molecule has 0 aliphatic carbocycles. The molecule has 1 rings (SSSR count). The Morgan fingerprint density at radius 1 is 1.05 bits per heavy atom. The second-order valence-corrected chi connectivity index (χ2v) is 6.55. The second kappa shape index (κ2) is 11.5. The summed E-state index contributed by atoms with van der Waals surface area (Å²) in [6.45, 7) is 13.3. The Labute approximate surface area is 126 Å². The van der Waals surface area contributed by atoms with Crippen molar-refractivity contribution in [1.29, 1.82) is 0 Å². The zero-order chi connectivity index (χ0) is 14.6. The van der Waals surface area contributed by atoms with Crippen LogP contribution in [0.1, 0.15) is 59.3 Å². The Bertz CT molecular complexity index is 215. The molecule has 1 fully saturated rings. The van der Waals surface area contributed by atoms with Crippen molar-refractivity contribution in [3.63, 3.8) is 0 Å². The van der Waals surface area contributed by atoms with Gasteiger partial charge in [-0.05, 0) is 25.3 Å². The van der Waals surface area contributed by atoms with E-state index in [4.69, 9.17) is 4.74 Å². The molecule has 20 heavy (non-hydrogen) atoms. The number of hydrogen-bond donors (Lipinski definition) is 1. The zero-order valence-electron chi connectivity index (χ0n) is 14.0. The van der Waals surface area contributed by atoms with Crippen molar-refractivity contribution in [2.45, 2.75) is 65.3 Å². The van der Waals surface area contributed by atoms with Gasteiger partial charge in [-0.25, -0.2) is 0 Å². The first-order chi connectivity index (χ1) is 9.74. The van der Waals surface area contributed by atoms with Gasteiger partial charge in [0.15, 0.2) is 0 Å². The van der Waals surface area contributed by atoms with Crippen LogP contribution >= 0.6 is 0 Å². The van der Waals surface area contributed by atoms with Crippen molar-refractivity contribution in [1.82, 2.24) is 10.2 Å². The van der Waals surface area contributed by atoms with Crippen LogP contribution in [-0.2, 0) is 4.74 Å². The summed E-state index contributed by atoms with van der Waals surface area (Å²) in [5.41, 5.74) is 0. The summed E-state index contributed by atoms with van der Waals surface area (Å²) in [6.07, 6.45) is 8.13. The SMILES string of the molecule is CCCCCCCNCC(CC(C)C)N1CCOCC1. The van der Waals surface area contributed by atoms with Crippen LogP contribution < -0.4 is 5.32 Å². The van der Waals surface area contributed by atoms with Crippen LogP contribution in [0.15, 0.2) is 0 Å². The van der Waals surface area contributed by atoms with Gasteiger partial charge in [0.05, 0.1) is 13.2 Å². The van der Waals surface area contributed by atoms with Gasteiger partial charge in [-0.1, -0.05) is 46.5 Å². The van der Waals surface area contributed by atoms with Crippen LogP contribution in [0, 0.1) is 5.92 Å². The fraction of sp³-hybridized carbons (Fsp3) is 1.00. The molecule has 0 aromatic heterocycles. The first kappa shape index (κ1) is 17.9. The molecular weight excluding hydrogens is 248 g/mol. The second-order valence-electron chi connectivity index (χ2n) is 6.55. The normalized spacial score (nSPS) is 18.6. The summed E-state index contributed by atoms with van der Waals surface area (Å²) in [4.78, 5) is 2.62. The smallest absolute Gasteiger partial charge is 0.0594 e. The molecular formula is C17H36N2O. The van der Waals surface area contributed by atoms with E-state index in [0.29, 0.717) is 6.04 Å². The fourth-order valence-corrected chi connectivity index (χ4v) is 2.97. The van der Waals surface area contributed by atoms with Crippen molar-refractivity contribution in [2.75, 3.05) is 39.4 Å². The molecule has 1 atom stereocenters. The molecule has 0 aromatic rings. The van der Waals surface area contributed by atoms with Gasteiger partial charge in [-0.15, -0.1) is 0 Å². The van der Waals surface area contributed by atoms with Crippen LogP contribution in [0.25, 0.3) is 0 Å². The Morgan fingerprint density at radius 2 is 1.75 bits per heavy atom. The molecule has 0 bridgehead atoms. The number of unbranched alkanes of at least 4 members (excludes halogenated alkanes) is 4. The van der Waals surface area contributed by atoms with E-state index >= 15 is 0 Å². The van der Waals surface area contributed by atoms with Crippen molar-refractivity contribution in [2.24, 2.45) is 5.92 Å². The molecule has 1 unspecified atom stereocenters. The first-order valence-electron chi connectivity index (χ1n) is 8.76. The van der Waals surface area contributed by atoms with E-state index in [1.54, 1.807) is 0 Å². The minimum atomic E-state index is 0.689. The average molecular weight is 284 g/mol. The highest BCUT2D eigenvalue weighted by atomic mass is 16.5. The number of ether oxygens (including phenoxy) is 1. The Kier molecular flexibility index (Phi) is 10.3. The Hall–Kier alpha value is -0.120. The molecule has 0 amide bonds. The van der Waals surface area contributed by atoms with E-state index in [2.05, 4.69) is 31.0 Å². The minimum absolute atomic E-state index is 0.689. The molecule has 1 aliphatic heterocycles. The minimum Gasteiger partial charge on any atom is -0.379 e. The third kappa shape index (κ3) is 8.23. The van der Waals surface area contributed by atoms with E-state index in [-0.39, 0.29) is 0 Å². The van der Waals surface area contributed by atoms with Gasteiger partial charge in [0.1, 0.15) is 0 Å². The summed E-state index contributed by atoms with van der Waals surface area (Å²) >= 11 is 0. The summed E-state index contributed by atoms with van der Waals surface area (Å²) in [5, 5.41) is 3.68. The summed E-state index contributed by atoms with van der Waals surface area (Å²) in [6, 6.07) is 0.689. The van der Waals surface area contributed by atoms with Gasteiger partial charge >= 0.3 is 0 Å². The summed E-state index contributed by atoms with van der Waals surface area (Å²) in [5.74, 6) is 0.772. The van der Waals surface area contributed by atoms with E-state index in [1.165, 1.54) is 45.1 Å². The van der Waals surface area contributed by atoms with Crippen molar-refractivity contribution < 1.29 is 4.74 Å². The van der Waals surface area contributed by atoms with Crippen LogP contribution in [0.4, 0.5) is 0 Å². The predicted octanol–water partition coefficient (Wildman–Crippen LogP) is 3.29. The molecule has 0 radical (unpaired) electrons. The lowest BCUT2D eigenvalue weighted by Crippen LogP contribution is -2.48. The maximum absolute atomic E-state index is 5.47. The van der Waals surface area contributed by atoms with E-state index in [0.717, 1.165) is 38.8 Å². The standard InChI is InChI=1S/C17H36N2O/c1-4-5-6-7-8-9-18-15-17(14-16(2)3)19-10-12-20-13-11-19/h16-18H,4-15H2,1-3H3. The maximum atomic E-state index is 5.47. The lowest BCUT2D eigenvalue weighted by Gasteiger charge is -2.35. The van der Waals surface area contributed by atoms with Gasteiger partial charge < -0.3 is 10.1 Å². The third-order valence-electron chi connectivity index (χ3n) is 4.14. The first-order valence-corrected chi connectivity index (χ1v) is 8.76. The quantitative estimate of drug-likeness (QED) is 0.589. The molecule has 0 saturated carbocycles. The number of hydrogen-bond acceptors (Lipinski definition) is 3. The number of nitrogens with one attached hydrogen (secondary N) is 1. The van der Waals surface area contributed by atoms with Crippen LogP contribution in [0.2, 0.25) is 0 Å². The van der Waals surface area contributed by atoms with Crippen LogP contribution in [0.5, 0.6) is 0 Å². The van der Waals surface area contributed by atoms with Gasteiger partial charge in [0, 0.05) is 25.7 Å². The van der Waals surface area contributed by atoms with Gasteiger partial charge in [0.25, 0.3) is 0 Å². The number of morpholine rings is 1. The number of nitrogens with zero attached hydrogens (tertiary/aromatic N) is 1. The van der Waals surface area contributed by atoms with Crippen molar-refractivity contribution in [3.8, 4) is 0 Å². The molecule has 1 saturated heterocycles. The van der Waals surface area contributed by atoms with Gasteiger partial charge in [-0.3, -0.25) is 4.90 Å². The van der Waals surface area contributed by atoms with E-state index in [1.807, 2.05) is 0 Å². The highest BCUT2D eigenvalue weighted by molar-refractivity contribution is 4.77.